The Balaban J connectivity index is 1.73. The second-order valence-electron chi connectivity index (χ2n) is 7.59. The molecule has 1 saturated carbocycles. The van der Waals surface area contributed by atoms with Crippen LogP contribution in [-0.4, -0.2) is 6.61 Å². The van der Waals surface area contributed by atoms with Crippen LogP contribution in [-0.2, 0) is 0 Å². The number of benzene rings is 2. The van der Waals surface area contributed by atoms with Crippen LogP contribution >= 0.6 is 0 Å². The summed E-state index contributed by atoms with van der Waals surface area (Å²) in [5.74, 6) is 4.21. The standard InChI is InChI=1S/C25H27F3O/c1-3-5-6-7-17-8-10-18(11-9-17)19-12-13-20(22(26)16-19)21-14-15-23(29-4-2)25(28)24(21)27/h12-18H,4,6-11H2,1-2H3. The molecule has 0 spiro atoms. The van der Waals surface area contributed by atoms with Gasteiger partial charge in [0.15, 0.2) is 11.6 Å². The van der Waals surface area contributed by atoms with E-state index < -0.39 is 17.5 Å². The highest BCUT2D eigenvalue weighted by atomic mass is 19.2. The van der Waals surface area contributed by atoms with Crippen molar-refractivity contribution in [3.63, 3.8) is 0 Å². The van der Waals surface area contributed by atoms with Crippen LogP contribution in [0.1, 0.15) is 63.9 Å². The van der Waals surface area contributed by atoms with Gasteiger partial charge in [-0.1, -0.05) is 12.1 Å². The molecule has 0 radical (unpaired) electrons. The van der Waals surface area contributed by atoms with Gasteiger partial charge in [0, 0.05) is 17.5 Å². The summed E-state index contributed by atoms with van der Waals surface area (Å²) in [6, 6.07) is 7.60. The summed E-state index contributed by atoms with van der Waals surface area (Å²) in [7, 11) is 0. The van der Waals surface area contributed by atoms with Crippen LogP contribution in [0.25, 0.3) is 11.1 Å². The Bertz CT molecular complexity index is 902. The zero-order valence-electron chi connectivity index (χ0n) is 17.0. The van der Waals surface area contributed by atoms with Crippen molar-refractivity contribution in [3.8, 4) is 28.7 Å². The lowest BCUT2D eigenvalue weighted by atomic mass is 9.77. The number of hydrogen-bond acceptors (Lipinski definition) is 1. The van der Waals surface area contributed by atoms with Crippen LogP contribution in [0.4, 0.5) is 13.2 Å². The van der Waals surface area contributed by atoms with Gasteiger partial charge in [-0.15, -0.1) is 11.8 Å². The van der Waals surface area contributed by atoms with E-state index in [-0.39, 0.29) is 23.5 Å². The molecule has 2 aromatic carbocycles. The van der Waals surface area contributed by atoms with Gasteiger partial charge in [-0.05, 0) is 81.5 Å². The van der Waals surface area contributed by atoms with Crippen LogP contribution < -0.4 is 4.74 Å². The first-order valence-corrected chi connectivity index (χ1v) is 10.3. The van der Waals surface area contributed by atoms with Crippen molar-refractivity contribution in [1.29, 1.82) is 0 Å². The molecule has 1 aliphatic carbocycles. The Hall–Kier alpha value is -2.41. The topological polar surface area (TPSA) is 9.23 Å². The van der Waals surface area contributed by atoms with E-state index in [0.717, 1.165) is 44.1 Å². The zero-order valence-corrected chi connectivity index (χ0v) is 17.0. The third-order valence-electron chi connectivity index (χ3n) is 5.80. The predicted molar refractivity (Wildman–Crippen MR) is 110 cm³/mol. The Morgan fingerprint density at radius 1 is 0.966 bits per heavy atom. The summed E-state index contributed by atoms with van der Waals surface area (Å²) in [6.45, 7) is 3.78. The molecule has 154 valence electrons. The van der Waals surface area contributed by atoms with Crippen molar-refractivity contribution in [2.45, 2.75) is 58.3 Å². The Morgan fingerprint density at radius 3 is 2.34 bits per heavy atom. The second kappa shape index (κ2) is 9.87. The summed E-state index contributed by atoms with van der Waals surface area (Å²) < 4.78 is 48.5. The molecule has 3 rings (SSSR count). The fraction of sp³-hybridized carbons (Fsp3) is 0.440. The molecular weight excluding hydrogens is 373 g/mol. The van der Waals surface area contributed by atoms with Gasteiger partial charge >= 0.3 is 0 Å². The van der Waals surface area contributed by atoms with E-state index in [4.69, 9.17) is 4.74 Å². The first kappa shape index (κ1) is 21.3. The number of hydrogen-bond donors (Lipinski definition) is 0. The van der Waals surface area contributed by atoms with Gasteiger partial charge in [0.25, 0.3) is 0 Å². The van der Waals surface area contributed by atoms with Gasteiger partial charge in [-0.2, -0.15) is 4.39 Å². The smallest absolute Gasteiger partial charge is 0.201 e. The fourth-order valence-electron chi connectivity index (χ4n) is 4.20. The van der Waals surface area contributed by atoms with Crippen molar-refractivity contribution < 1.29 is 17.9 Å². The summed E-state index contributed by atoms with van der Waals surface area (Å²) in [5, 5.41) is 0. The van der Waals surface area contributed by atoms with E-state index in [1.165, 1.54) is 18.2 Å². The van der Waals surface area contributed by atoms with E-state index >= 15 is 0 Å². The maximum Gasteiger partial charge on any atom is 0.201 e. The van der Waals surface area contributed by atoms with Crippen molar-refractivity contribution in [2.75, 3.05) is 6.61 Å². The monoisotopic (exact) mass is 400 g/mol. The fourth-order valence-corrected chi connectivity index (χ4v) is 4.20. The molecule has 1 aliphatic rings. The van der Waals surface area contributed by atoms with Crippen LogP contribution in [0.3, 0.4) is 0 Å². The molecule has 0 unspecified atom stereocenters. The number of rotatable bonds is 6. The minimum atomic E-state index is -1.08. The third-order valence-corrected chi connectivity index (χ3v) is 5.80. The largest absolute Gasteiger partial charge is 0.491 e. The summed E-state index contributed by atoms with van der Waals surface area (Å²) in [5.41, 5.74) is 0.917. The first-order chi connectivity index (χ1) is 14.0. The van der Waals surface area contributed by atoms with Gasteiger partial charge < -0.3 is 4.74 Å². The van der Waals surface area contributed by atoms with Crippen molar-refractivity contribution in [1.82, 2.24) is 0 Å². The summed E-state index contributed by atoms with van der Waals surface area (Å²) in [4.78, 5) is 0. The van der Waals surface area contributed by atoms with Crippen LogP contribution in [0, 0.1) is 35.2 Å². The van der Waals surface area contributed by atoms with Crippen LogP contribution in [0.2, 0.25) is 0 Å². The van der Waals surface area contributed by atoms with Crippen LogP contribution in [0.15, 0.2) is 30.3 Å². The van der Waals surface area contributed by atoms with Crippen molar-refractivity contribution in [3.05, 3.63) is 53.3 Å². The van der Waals surface area contributed by atoms with Crippen molar-refractivity contribution in [2.24, 2.45) is 5.92 Å². The number of halogens is 3. The average molecular weight is 400 g/mol. The molecule has 0 N–H and O–H groups in total. The first-order valence-electron chi connectivity index (χ1n) is 10.3. The maximum atomic E-state index is 14.8. The van der Waals surface area contributed by atoms with Gasteiger partial charge in [0.05, 0.1) is 6.61 Å². The lowest BCUT2D eigenvalue weighted by Crippen LogP contribution is -2.13. The highest BCUT2D eigenvalue weighted by Crippen LogP contribution is 2.39. The Labute approximate surface area is 171 Å². The minimum Gasteiger partial charge on any atom is -0.491 e. The average Bonchev–Trinajstić information content (AvgIpc) is 2.73. The maximum absolute atomic E-state index is 14.8. The molecule has 2 aromatic rings. The molecule has 4 heteroatoms. The molecule has 0 bridgehead atoms. The van der Waals surface area contributed by atoms with Gasteiger partial charge in [0.1, 0.15) is 5.82 Å². The lowest BCUT2D eigenvalue weighted by molar-refractivity contribution is 0.312. The third kappa shape index (κ3) is 4.96. The van der Waals surface area contributed by atoms with Gasteiger partial charge in [-0.3, -0.25) is 0 Å². The van der Waals surface area contributed by atoms with E-state index in [1.54, 1.807) is 13.0 Å². The van der Waals surface area contributed by atoms with E-state index in [1.807, 2.05) is 13.0 Å². The summed E-state index contributed by atoms with van der Waals surface area (Å²) >= 11 is 0. The molecule has 29 heavy (non-hydrogen) atoms. The molecular formula is C25H27F3O. The van der Waals surface area contributed by atoms with E-state index in [2.05, 4.69) is 11.8 Å². The molecule has 0 heterocycles. The minimum absolute atomic E-state index is 0.0695. The highest BCUT2D eigenvalue weighted by Gasteiger charge is 2.24. The van der Waals surface area contributed by atoms with Crippen molar-refractivity contribution >= 4 is 0 Å². The molecule has 1 nitrogen and oxygen atoms in total. The molecule has 0 aliphatic heterocycles. The second-order valence-corrected chi connectivity index (χ2v) is 7.59. The predicted octanol–water partition coefficient (Wildman–Crippen LogP) is 7.25. The molecule has 0 amide bonds. The molecule has 1 fully saturated rings. The Kier molecular flexibility index (Phi) is 7.25. The van der Waals surface area contributed by atoms with Crippen LogP contribution in [0.5, 0.6) is 5.75 Å². The SMILES string of the molecule is CC#CCCC1CCC(c2ccc(-c3ccc(OCC)c(F)c3F)c(F)c2)CC1. The Morgan fingerprint density at radius 2 is 1.69 bits per heavy atom. The van der Waals surface area contributed by atoms with Gasteiger partial charge in [-0.25, -0.2) is 8.78 Å². The molecule has 0 aromatic heterocycles. The lowest BCUT2D eigenvalue weighted by Gasteiger charge is -2.28. The summed E-state index contributed by atoms with van der Waals surface area (Å²) in [6.07, 6.45) is 6.36. The van der Waals surface area contributed by atoms with E-state index in [0.29, 0.717) is 11.8 Å². The zero-order chi connectivity index (χ0) is 20.8. The quantitative estimate of drug-likeness (QED) is 0.464. The highest BCUT2D eigenvalue weighted by molar-refractivity contribution is 5.66. The van der Waals surface area contributed by atoms with E-state index in [9.17, 15) is 13.2 Å². The molecule has 0 saturated heterocycles. The van der Waals surface area contributed by atoms with Gasteiger partial charge in [0.2, 0.25) is 5.82 Å². The normalized spacial score (nSPS) is 18.8. The molecule has 0 atom stereocenters. The number of ether oxygens (including phenoxy) is 1.